The van der Waals surface area contributed by atoms with Gasteiger partial charge in [-0.2, -0.15) is 0 Å². The van der Waals surface area contributed by atoms with Gasteiger partial charge in [-0.15, -0.1) is 0 Å². The van der Waals surface area contributed by atoms with E-state index in [9.17, 15) is 19.1 Å². The Morgan fingerprint density at radius 1 is 1.22 bits per heavy atom. The minimum Gasteiger partial charge on any atom is -0.507 e. The number of phenols is 1. The lowest BCUT2D eigenvalue weighted by Gasteiger charge is -2.22. The average molecular weight is 337 g/mol. The van der Waals surface area contributed by atoms with Crippen molar-refractivity contribution >= 4 is 23.4 Å². The highest BCUT2D eigenvalue weighted by molar-refractivity contribution is 6.30. The number of carbonyl (C=O) groups is 2. The van der Waals surface area contributed by atoms with Crippen molar-refractivity contribution in [2.75, 3.05) is 6.54 Å². The minimum absolute atomic E-state index is 0.00353. The Labute approximate surface area is 137 Å². The van der Waals surface area contributed by atoms with Crippen molar-refractivity contribution in [1.29, 1.82) is 0 Å². The highest BCUT2D eigenvalue weighted by Crippen LogP contribution is 2.21. The third kappa shape index (κ3) is 4.20. The van der Waals surface area contributed by atoms with Gasteiger partial charge in [0.2, 0.25) is 5.91 Å². The summed E-state index contributed by atoms with van der Waals surface area (Å²) in [7, 11) is 0. The summed E-state index contributed by atoms with van der Waals surface area (Å²) in [6.07, 6.45) is 0. The number of primary amides is 1. The number of amides is 2. The van der Waals surface area contributed by atoms with Crippen LogP contribution in [0.1, 0.15) is 15.9 Å². The van der Waals surface area contributed by atoms with Crippen LogP contribution < -0.4 is 5.73 Å². The maximum absolute atomic E-state index is 13.9. The number of para-hydroxylation sites is 1. The van der Waals surface area contributed by atoms with Crippen molar-refractivity contribution in [3.05, 3.63) is 64.4 Å². The van der Waals surface area contributed by atoms with Gasteiger partial charge in [-0.1, -0.05) is 23.7 Å². The zero-order valence-corrected chi connectivity index (χ0v) is 12.8. The number of phenolic OH excluding ortho intramolecular Hbond substituents is 1. The zero-order valence-electron chi connectivity index (χ0n) is 12.0. The van der Waals surface area contributed by atoms with Crippen molar-refractivity contribution in [1.82, 2.24) is 4.90 Å². The van der Waals surface area contributed by atoms with Gasteiger partial charge in [-0.25, -0.2) is 4.39 Å². The van der Waals surface area contributed by atoms with E-state index in [0.717, 1.165) is 4.90 Å². The topological polar surface area (TPSA) is 83.6 Å². The minimum atomic E-state index is -0.754. The van der Waals surface area contributed by atoms with Crippen LogP contribution in [0.15, 0.2) is 42.5 Å². The molecule has 0 radical (unpaired) electrons. The standard InChI is InChI=1S/C16H14ClFN2O3/c17-11-5-6-13(18)10(7-11)8-20(9-15(19)22)16(23)12-3-1-2-4-14(12)21/h1-7,21H,8-9H2,(H2,19,22). The number of benzene rings is 2. The molecule has 0 saturated heterocycles. The van der Waals surface area contributed by atoms with Crippen LogP contribution in [0, 0.1) is 5.82 Å². The molecule has 2 amide bonds. The first kappa shape index (κ1) is 16.8. The van der Waals surface area contributed by atoms with Crippen molar-refractivity contribution in [3.63, 3.8) is 0 Å². The molecular weight excluding hydrogens is 323 g/mol. The molecule has 3 N–H and O–H groups in total. The SMILES string of the molecule is NC(=O)CN(Cc1cc(Cl)ccc1F)C(=O)c1ccccc1O. The van der Waals surface area contributed by atoms with Crippen LogP contribution in [0.3, 0.4) is 0 Å². The third-order valence-corrected chi connectivity index (χ3v) is 3.37. The second-order valence-corrected chi connectivity index (χ2v) is 5.32. The average Bonchev–Trinajstić information content (AvgIpc) is 2.49. The van der Waals surface area contributed by atoms with Gasteiger partial charge >= 0.3 is 0 Å². The lowest BCUT2D eigenvalue weighted by molar-refractivity contribution is -0.118. The molecule has 2 rings (SSSR count). The highest BCUT2D eigenvalue weighted by atomic mass is 35.5. The molecular formula is C16H14ClFN2O3. The highest BCUT2D eigenvalue weighted by Gasteiger charge is 2.21. The normalized spacial score (nSPS) is 10.3. The molecule has 0 heterocycles. The maximum atomic E-state index is 13.9. The summed E-state index contributed by atoms with van der Waals surface area (Å²) in [5, 5.41) is 10.1. The Hall–Kier alpha value is -2.60. The lowest BCUT2D eigenvalue weighted by atomic mass is 10.1. The summed E-state index contributed by atoms with van der Waals surface area (Å²) in [6, 6.07) is 9.78. The van der Waals surface area contributed by atoms with E-state index in [1.54, 1.807) is 12.1 Å². The molecule has 0 bridgehead atoms. The molecule has 0 aliphatic heterocycles. The fourth-order valence-electron chi connectivity index (χ4n) is 2.08. The Kier molecular flexibility index (Phi) is 5.18. The van der Waals surface area contributed by atoms with Crippen LogP contribution in [0.5, 0.6) is 5.75 Å². The van der Waals surface area contributed by atoms with Gasteiger partial charge in [0.1, 0.15) is 11.6 Å². The molecule has 2 aromatic rings. The number of carbonyl (C=O) groups excluding carboxylic acids is 2. The van der Waals surface area contributed by atoms with Gasteiger partial charge in [0.15, 0.2) is 0 Å². The predicted molar refractivity (Wildman–Crippen MR) is 83.5 cm³/mol. The Bertz CT molecular complexity index is 752. The van der Waals surface area contributed by atoms with Gasteiger partial charge in [-0.05, 0) is 30.3 Å². The van der Waals surface area contributed by atoms with Crippen LogP contribution in [-0.2, 0) is 11.3 Å². The molecule has 0 aromatic heterocycles. The summed E-state index contributed by atoms with van der Waals surface area (Å²) in [5.41, 5.74) is 5.29. The number of nitrogens with zero attached hydrogens (tertiary/aromatic N) is 1. The largest absolute Gasteiger partial charge is 0.507 e. The number of hydrogen-bond donors (Lipinski definition) is 2. The fourth-order valence-corrected chi connectivity index (χ4v) is 2.28. The molecule has 7 heteroatoms. The van der Waals surface area contributed by atoms with Crippen molar-refractivity contribution in [2.24, 2.45) is 5.73 Å². The van der Waals surface area contributed by atoms with Crippen molar-refractivity contribution < 1.29 is 19.1 Å². The van der Waals surface area contributed by atoms with E-state index in [1.165, 1.54) is 30.3 Å². The van der Waals surface area contributed by atoms with Gasteiger partial charge < -0.3 is 15.7 Å². The molecule has 0 aliphatic rings. The van der Waals surface area contributed by atoms with Crippen LogP contribution in [0.25, 0.3) is 0 Å². The first-order chi connectivity index (χ1) is 10.9. The van der Waals surface area contributed by atoms with E-state index < -0.39 is 24.2 Å². The van der Waals surface area contributed by atoms with Crippen molar-refractivity contribution in [3.8, 4) is 5.75 Å². The molecule has 5 nitrogen and oxygen atoms in total. The van der Waals surface area contributed by atoms with Gasteiger partial charge in [0, 0.05) is 17.1 Å². The molecule has 0 spiro atoms. The zero-order chi connectivity index (χ0) is 17.0. The van der Waals surface area contributed by atoms with Gasteiger partial charge in [0.25, 0.3) is 5.91 Å². The van der Waals surface area contributed by atoms with Crippen LogP contribution in [0.4, 0.5) is 4.39 Å². The molecule has 2 aromatic carbocycles. The Morgan fingerprint density at radius 2 is 1.91 bits per heavy atom. The first-order valence-electron chi connectivity index (χ1n) is 6.68. The van der Waals surface area contributed by atoms with Crippen LogP contribution >= 0.6 is 11.6 Å². The molecule has 23 heavy (non-hydrogen) atoms. The van der Waals surface area contributed by atoms with Gasteiger partial charge in [0.05, 0.1) is 12.1 Å². The molecule has 0 saturated carbocycles. The van der Waals surface area contributed by atoms with Gasteiger partial charge in [-0.3, -0.25) is 9.59 Å². The number of rotatable bonds is 5. The summed E-state index contributed by atoms with van der Waals surface area (Å²) in [5.74, 6) is -2.19. The first-order valence-corrected chi connectivity index (χ1v) is 7.06. The monoisotopic (exact) mass is 336 g/mol. The summed E-state index contributed by atoms with van der Waals surface area (Å²) in [6.45, 7) is -0.623. The number of halogens is 2. The third-order valence-electron chi connectivity index (χ3n) is 3.14. The number of aromatic hydroxyl groups is 1. The van der Waals surface area contributed by atoms with Crippen LogP contribution in [0.2, 0.25) is 5.02 Å². The summed E-state index contributed by atoms with van der Waals surface area (Å²) < 4.78 is 13.9. The smallest absolute Gasteiger partial charge is 0.258 e. The molecule has 0 fully saturated rings. The lowest BCUT2D eigenvalue weighted by Crippen LogP contribution is -2.38. The fraction of sp³-hybridized carbons (Fsp3) is 0.125. The molecule has 0 unspecified atom stereocenters. The van der Waals surface area contributed by atoms with E-state index >= 15 is 0 Å². The van der Waals surface area contributed by atoms with Crippen LogP contribution in [-0.4, -0.2) is 28.4 Å². The van der Waals surface area contributed by atoms with E-state index in [2.05, 4.69) is 0 Å². The molecule has 0 atom stereocenters. The maximum Gasteiger partial charge on any atom is 0.258 e. The quantitative estimate of drug-likeness (QED) is 0.878. The van der Waals surface area contributed by atoms with E-state index in [-0.39, 0.29) is 23.4 Å². The second kappa shape index (κ2) is 7.11. The Morgan fingerprint density at radius 3 is 2.57 bits per heavy atom. The molecule has 120 valence electrons. The summed E-state index contributed by atoms with van der Waals surface area (Å²) in [4.78, 5) is 24.8. The van der Waals surface area contributed by atoms with E-state index in [0.29, 0.717) is 5.02 Å². The van der Waals surface area contributed by atoms with E-state index in [1.807, 2.05) is 0 Å². The molecule has 0 aliphatic carbocycles. The predicted octanol–water partition coefficient (Wildman–Crippen LogP) is 2.31. The second-order valence-electron chi connectivity index (χ2n) is 4.88. The summed E-state index contributed by atoms with van der Waals surface area (Å²) >= 11 is 5.83. The van der Waals surface area contributed by atoms with E-state index in [4.69, 9.17) is 17.3 Å². The number of hydrogen-bond acceptors (Lipinski definition) is 3. The Balaban J connectivity index is 2.33. The van der Waals surface area contributed by atoms with Crippen molar-refractivity contribution in [2.45, 2.75) is 6.54 Å². The number of nitrogens with two attached hydrogens (primary N) is 1.